The van der Waals surface area contributed by atoms with Crippen LogP contribution < -0.4 is 5.32 Å². The highest BCUT2D eigenvalue weighted by molar-refractivity contribution is 7.91. The summed E-state index contributed by atoms with van der Waals surface area (Å²) in [6.07, 6.45) is 3.77. The fourth-order valence-corrected chi connectivity index (χ4v) is 4.64. The van der Waals surface area contributed by atoms with E-state index in [1.807, 2.05) is 52.2 Å². The molecule has 0 aliphatic carbocycles. The predicted molar refractivity (Wildman–Crippen MR) is 111 cm³/mol. The summed E-state index contributed by atoms with van der Waals surface area (Å²) in [5, 5.41) is 3.42. The highest BCUT2D eigenvalue weighted by atomic mass is 32.2. The van der Waals surface area contributed by atoms with Gasteiger partial charge < -0.3 is 9.88 Å². The standard InChI is InChI=1S/C20H24N2O2S.C2H6/c1-16-15-18(25(23,24)17-7-4-3-5-8-17)9-6-14-22(2)20-11-13-21-12-10-19(16)20;1-2/h3-9,14-15,21H,10-13H2,1-2H3;1-2H3. The van der Waals surface area contributed by atoms with Gasteiger partial charge in [0, 0.05) is 31.9 Å². The Bertz CT molecular complexity index is 915. The van der Waals surface area contributed by atoms with E-state index in [0.29, 0.717) is 9.79 Å². The molecule has 0 spiro atoms. The summed E-state index contributed by atoms with van der Waals surface area (Å²) >= 11 is 0. The molecule has 1 aliphatic rings. The maximum atomic E-state index is 13.0. The molecule has 2 heterocycles. The number of nitrogens with zero attached hydrogens (tertiary/aromatic N) is 1. The summed E-state index contributed by atoms with van der Waals surface area (Å²) < 4.78 is 28.2. The van der Waals surface area contributed by atoms with E-state index in [2.05, 4.69) is 9.88 Å². The van der Waals surface area contributed by atoms with Crippen LogP contribution in [-0.4, -0.2) is 26.1 Å². The van der Waals surface area contributed by atoms with E-state index in [4.69, 9.17) is 0 Å². The van der Waals surface area contributed by atoms with Crippen molar-refractivity contribution in [2.75, 3.05) is 13.1 Å². The van der Waals surface area contributed by atoms with Gasteiger partial charge in [-0.2, -0.15) is 0 Å². The van der Waals surface area contributed by atoms with Gasteiger partial charge in [-0.15, -0.1) is 0 Å². The zero-order valence-corrected chi connectivity index (χ0v) is 17.5. The maximum Gasteiger partial charge on any atom is 0.206 e. The Balaban J connectivity index is 0.00000126. The molecule has 0 radical (unpaired) electrons. The van der Waals surface area contributed by atoms with Crippen molar-refractivity contribution in [1.29, 1.82) is 0 Å². The number of aryl methyl sites for hydroxylation is 2. The van der Waals surface area contributed by atoms with Crippen molar-refractivity contribution in [3.8, 4) is 0 Å². The first-order valence-corrected chi connectivity index (χ1v) is 11.0. The molecular weight excluding hydrogens is 356 g/mol. The Labute approximate surface area is 163 Å². The number of benzene rings is 1. The van der Waals surface area contributed by atoms with Gasteiger partial charge in [0.05, 0.1) is 9.79 Å². The van der Waals surface area contributed by atoms with Crippen molar-refractivity contribution in [3.63, 3.8) is 0 Å². The summed E-state index contributed by atoms with van der Waals surface area (Å²) in [5.41, 5.74) is 3.50. The largest absolute Gasteiger partial charge is 0.354 e. The van der Waals surface area contributed by atoms with E-state index in [1.165, 1.54) is 11.3 Å². The molecule has 1 aromatic carbocycles. The lowest BCUT2D eigenvalue weighted by molar-refractivity contribution is 0.596. The van der Waals surface area contributed by atoms with Crippen molar-refractivity contribution >= 4 is 9.84 Å². The Hall–Kier alpha value is -2.11. The van der Waals surface area contributed by atoms with E-state index < -0.39 is 9.84 Å². The summed E-state index contributed by atoms with van der Waals surface area (Å²) in [6.45, 7) is 7.85. The summed E-state index contributed by atoms with van der Waals surface area (Å²) in [7, 11) is -1.52. The third kappa shape index (κ3) is 4.99. The molecule has 0 saturated carbocycles. The van der Waals surface area contributed by atoms with E-state index >= 15 is 0 Å². The van der Waals surface area contributed by atoms with E-state index in [9.17, 15) is 8.42 Å². The molecule has 2 aromatic rings. The number of nitrogens with one attached hydrogen (secondary N) is 1. The molecule has 27 heavy (non-hydrogen) atoms. The molecule has 1 N–H and O–H groups in total. The first-order valence-electron chi connectivity index (χ1n) is 9.53. The van der Waals surface area contributed by atoms with Crippen LogP contribution in [0, 0.1) is 6.92 Å². The van der Waals surface area contributed by atoms with Gasteiger partial charge in [0.15, 0.2) is 0 Å². The number of hydrogen-bond acceptors (Lipinski definition) is 3. The summed E-state index contributed by atoms with van der Waals surface area (Å²) in [5.74, 6) is 0. The van der Waals surface area contributed by atoms with Crippen LogP contribution in [0.25, 0.3) is 0 Å². The van der Waals surface area contributed by atoms with Crippen LogP contribution in [0.4, 0.5) is 0 Å². The molecule has 0 saturated heterocycles. The third-order valence-electron chi connectivity index (χ3n) is 4.63. The highest BCUT2D eigenvalue weighted by Crippen LogP contribution is 2.22. The van der Waals surface area contributed by atoms with Crippen LogP contribution in [0.15, 0.2) is 64.5 Å². The lowest BCUT2D eigenvalue weighted by atomic mass is 10.0. The molecule has 4 nitrogen and oxygen atoms in total. The van der Waals surface area contributed by atoms with Crippen molar-refractivity contribution in [2.24, 2.45) is 7.05 Å². The molecule has 0 unspecified atom stereocenters. The second-order valence-electron chi connectivity index (χ2n) is 6.34. The van der Waals surface area contributed by atoms with Crippen LogP contribution in [0.3, 0.4) is 0 Å². The van der Waals surface area contributed by atoms with Gasteiger partial charge >= 0.3 is 0 Å². The van der Waals surface area contributed by atoms with Crippen LogP contribution in [0.2, 0.25) is 0 Å². The fraction of sp³-hybridized carbons (Fsp3) is 0.364. The van der Waals surface area contributed by atoms with Gasteiger partial charge in [-0.05, 0) is 61.3 Å². The Kier molecular flexibility index (Phi) is 7.63. The first-order chi connectivity index (χ1) is 13.0. The summed E-state index contributed by atoms with van der Waals surface area (Å²) in [4.78, 5) is 0.648. The lowest BCUT2D eigenvalue weighted by Gasteiger charge is -2.10. The zero-order valence-electron chi connectivity index (χ0n) is 16.7. The molecule has 146 valence electrons. The third-order valence-corrected chi connectivity index (χ3v) is 6.40. The first kappa shape index (κ1) is 21.2. The quantitative estimate of drug-likeness (QED) is 0.849. The van der Waals surface area contributed by atoms with Crippen LogP contribution >= 0.6 is 0 Å². The second-order valence-corrected chi connectivity index (χ2v) is 8.29. The van der Waals surface area contributed by atoms with Gasteiger partial charge in [-0.25, -0.2) is 8.42 Å². The Morgan fingerprint density at radius 1 is 0.926 bits per heavy atom. The number of fused-ring (bicyclic) bond motifs is 1. The summed E-state index contributed by atoms with van der Waals surface area (Å²) in [6, 6.07) is 13.9. The average molecular weight is 387 g/mol. The van der Waals surface area contributed by atoms with Crippen molar-refractivity contribution in [1.82, 2.24) is 9.88 Å². The Morgan fingerprint density at radius 2 is 1.56 bits per heavy atom. The molecule has 5 heteroatoms. The van der Waals surface area contributed by atoms with Gasteiger partial charge in [0.1, 0.15) is 0 Å². The molecule has 1 aliphatic heterocycles. The van der Waals surface area contributed by atoms with Crippen LogP contribution in [-0.2, 0) is 29.7 Å². The molecule has 1 aromatic heterocycles. The molecule has 0 fully saturated rings. The minimum absolute atomic E-state index is 0.322. The highest BCUT2D eigenvalue weighted by Gasteiger charge is 2.18. The number of sulfone groups is 1. The zero-order chi connectivity index (χ0) is 19.9. The van der Waals surface area contributed by atoms with Crippen molar-refractivity contribution in [3.05, 3.63) is 71.5 Å². The molecule has 0 bridgehead atoms. The van der Waals surface area contributed by atoms with Crippen molar-refractivity contribution in [2.45, 2.75) is 43.4 Å². The number of aromatic nitrogens is 1. The molecule has 3 rings (SSSR count). The second kappa shape index (κ2) is 9.72. The monoisotopic (exact) mass is 386 g/mol. The SMILES string of the molecule is CC.Cc1cc(S(=O)(=O)c2ccccc2)cccn(C)c2c1CCNCC2. The van der Waals surface area contributed by atoms with E-state index in [1.54, 1.807) is 30.3 Å². The smallest absolute Gasteiger partial charge is 0.206 e. The lowest BCUT2D eigenvalue weighted by Crippen LogP contribution is -2.16. The number of hydrogen-bond donors (Lipinski definition) is 1. The van der Waals surface area contributed by atoms with Crippen LogP contribution in [0.5, 0.6) is 0 Å². The van der Waals surface area contributed by atoms with Gasteiger partial charge in [-0.1, -0.05) is 32.0 Å². The molecule has 0 amide bonds. The minimum Gasteiger partial charge on any atom is -0.354 e. The molecular formula is C22H30N2O2S. The predicted octanol–water partition coefficient (Wildman–Crippen LogP) is 4.01. The minimum atomic E-state index is -3.54. The van der Waals surface area contributed by atoms with Gasteiger partial charge in [0.25, 0.3) is 0 Å². The van der Waals surface area contributed by atoms with Gasteiger partial charge in [0.2, 0.25) is 9.84 Å². The average Bonchev–Trinajstić information content (AvgIpc) is 2.92. The van der Waals surface area contributed by atoms with Crippen molar-refractivity contribution < 1.29 is 8.42 Å². The molecule has 0 atom stereocenters. The fourth-order valence-electron chi connectivity index (χ4n) is 3.26. The normalized spacial score (nSPS) is 13.5. The maximum absolute atomic E-state index is 13.0. The number of rotatable bonds is 2. The topological polar surface area (TPSA) is 51.1 Å². The van der Waals surface area contributed by atoms with E-state index in [-0.39, 0.29) is 0 Å². The van der Waals surface area contributed by atoms with Gasteiger partial charge in [-0.3, -0.25) is 0 Å². The Morgan fingerprint density at radius 3 is 2.26 bits per heavy atom. The van der Waals surface area contributed by atoms with E-state index in [0.717, 1.165) is 31.5 Å². The van der Waals surface area contributed by atoms with Crippen LogP contribution in [0.1, 0.15) is 30.7 Å².